The molecule has 0 saturated heterocycles. The first kappa shape index (κ1) is 12.7. The zero-order valence-corrected chi connectivity index (χ0v) is 11.7. The summed E-state index contributed by atoms with van der Waals surface area (Å²) in [4.78, 5) is 0. The number of nitrogens with one attached hydrogen (secondary N) is 1. The van der Waals surface area contributed by atoms with Gasteiger partial charge < -0.3 is 4.72 Å². The highest BCUT2D eigenvalue weighted by Gasteiger charge is 2.04. The Morgan fingerprint density at radius 1 is 1.33 bits per heavy atom. The highest BCUT2D eigenvalue weighted by atomic mass is 79.9. The first-order valence-corrected chi connectivity index (χ1v) is 7.07. The number of hydrogen-bond donors (Lipinski definition) is 1. The molecule has 0 saturated carbocycles. The molecular weight excluding hydrogens is 274 g/mol. The summed E-state index contributed by atoms with van der Waals surface area (Å²) in [7, 11) is -0.959. The molecule has 0 spiro atoms. The van der Waals surface area contributed by atoms with E-state index in [0.717, 1.165) is 27.7 Å². The van der Waals surface area contributed by atoms with E-state index in [1.807, 2.05) is 32.9 Å². The fourth-order valence-corrected chi connectivity index (χ4v) is 2.46. The minimum Gasteiger partial charge on any atom is -0.305 e. The van der Waals surface area contributed by atoms with Gasteiger partial charge in [0.2, 0.25) is 0 Å². The van der Waals surface area contributed by atoms with Crippen molar-refractivity contribution in [2.24, 2.45) is 0 Å². The topological polar surface area (TPSA) is 29.1 Å². The molecule has 15 heavy (non-hydrogen) atoms. The van der Waals surface area contributed by atoms with Crippen LogP contribution in [0.15, 0.2) is 16.6 Å². The van der Waals surface area contributed by atoms with Crippen molar-refractivity contribution in [2.75, 3.05) is 10.5 Å². The molecule has 1 N–H and O–H groups in total. The predicted molar refractivity (Wildman–Crippen MR) is 70.5 cm³/mol. The van der Waals surface area contributed by atoms with Gasteiger partial charge in [0, 0.05) is 15.9 Å². The number of rotatable bonds is 4. The Kier molecular flexibility index (Phi) is 4.80. The fourth-order valence-electron chi connectivity index (χ4n) is 1.37. The molecule has 4 heteroatoms. The van der Waals surface area contributed by atoms with Gasteiger partial charge in [0.1, 0.15) is 11.0 Å². The van der Waals surface area contributed by atoms with Gasteiger partial charge in [0.15, 0.2) is 0 Å². The van der Waals surface area contributed by atoms with Gasteiger partial charge >= 0.3 is 0 Å². The van der Waals surface area contributed by atoms with Crippen LogP contribution in [0.3, 0.4) is 0 Å². The maximum Gasteiger partial charge on any atom is 0.117 e. The van der Waals surface area contributed by atoms with E-state index in [2.05, 4.69) is 20.7 Å². The summed E-state index contributed by atoms with van der Waals surface area (Å²) >= 11 is 3.51. The van der Waals surface area contributed by atoms with Crippen molar-refractivity contribution in [2.45, 2.75) is 27.2 Å². The Morgan fingerprint density at radius 2 is 1.87 bits per heavy atom. The van der Waals surface area contributed by atoms with E-state index >= 15 is 0 Å². The highest BCUT2D eigenvalue weighted by Crippen LogP contribution is 2.25. The fraction of sp³-hybridized carbons (Fsp3) is 0.455. The maximum atomic E-state index is 11.5. The Labute approximate surface area is 102 Å². The lowest BCUT2D eigenvalue weighted by Crippen LogP contribution is -2.08. The van der Waals surface area contributed by atoms with E-state index in [1.165, 1.54) is 0 Å². The van der Waals surface area contributed by atoms with Gasteiger partial charge in [-0.05, 0) is 43.5 Å². The summed E-state index contributed by atoms with van der Waals surface area (Å²) < 4.78 is 15.6. The van der Waals surface area contributed by atoms with Crippen LogP contribution in [0.5, 0.6) is 0 Å². The molecule has 0 aliphatic carbocycles. The minimum absolute atomic E-state index is 0.689. The zero-order chi connectivity index (χ0) is 11.4. The smallest absolute Gasteiger partial charge is 0.117 e. The van der Waals surface area contributed by atoms with Crippen LogP contribution in [0.1, 0.15) is 24.5 Å². The highest BCUT2D eigenvalue weighted by molar-refractivity contribution is 9.10. The van der Waals surface area contributed by atoms with Crippen LogP contribution in [-0.2, 0) is 11.0 Å². The predicted octanol–water partition coefficient (Wildman–Crippen LogP) is 3.55. The molecule has 0 fully saturated rings. The van der Waals surface area contributed by atoms with Gasteiger partial charge in [-0.2, -0.15) is 0 Å². The van der Waals surface area contributed by atoms with Gasteiger partial charge in [-0.3, -0.25) is 0 Å². The van der Waals surface area contributed by atoms with E-state index in [9.17, 15) is 4.21 Å². The molecule has 0 aromatic heterocycles. The molecule has 0 radical (unpaired) electrons. The van der Waals surface area contributed by atoms with Gasteiger partial charge in [-0.15, -0.1) is 0 Å². The normalized spacial score (nSPS) is 12.5. The number of aryl methyl sites for hydroxylation is 2. The van der Waals surface area contributed by atoms with Crippen molar-refractivity contribution >= 4 is 32.6 Å². The molecule has 2 nitrogen and oxygen atoms in total. The molecule has 0 heterocycles. The lowest BCUT2D eigenvalue weighted by Gasteiger charge is -2.09. The van der Waals surface area contributed by atoms with Gasteiger partial charge in [0.25, 0.3) is 0 Å². The molecule has 1 rings (SSSR count). The van der Waals surface area contributed by atoms with E-state index in [1.54, 1.807) is 0 Å². The lowest BCUT2D eigenvalue weighted by molar-refractivity contribution is 0.685. The summed E-state index contributed by atoms with van der Waals surface area (Å²) in [5, 5.41) is 0. The second kappa shape index (κ2) is 5.66. The molecule has 1 unspecified atom stereocenters. The number of anilines is 1. The summed E-state index contributed by atoms with van der Waals surface area (Å²) in [6, 6.07) is 4.01. The van der Waals surface area contributed by atoms with Crippen LogP contribution in [0, 0.1) is 13.8 Å². The van der Waals surface area contributed by atoms with Gasteiger partial charge in [-0.25, -0.2) is 4.21 Å². The van der Waals surface area contributed by atoms with Crippen LogP contribution in [0.25, 0.3) is 0 Å². The van der Waals surface area contributed by atoms with E-state index in [4.69, 9.17) is 0 Å². The monoisotopic (exact) mass is 289 g/mol. The molecule has 84 valence electrons. The van der Waals surface area contributed by atoms with E-state index in [0.29, 0.717) is 5.75 Å². The first-order chi connectivity index (χ1) is 7.04. The second-order valence-electron chi connectivity index (χ2n) is 3.58. The third kappa shape index (κ3) is 3.61. The maximum absolute atomic E-state index is 11.5. The standard InChI is InChI=1S/C11H16BrNOS/c1-4-5-15(14)13-10-6-8(2)11(12)9(3)7-10/h6-7,13H,4-5H2,1-3H3. The molecule has 0 bridgehead atoms. The van der Waals surface area contributed by atoms with Crippen LogP contribution >= 0.6 is 15.9 Å². The van der Waals surface area contributed by atoms with Crippen LogP contribution < -0.4 is 4.72 Å². The van der Waals surface area contributed by atoms with Crippen molar-refractivity contribution in [3.8, 4) is 0 Å². The Hall–Kier alpha value is -0.350. The second-order valence-corrected chi connectivity index (χ2v) is 5.67. The summed E-state index contributed by atoms with van der Waals surface area (Å²) in [5.41, 5.74) is 3.25. The SMILES string of the molecule is CCCS(=O)Nc1cc(C)c(Br)c(C)c1. The lowest BCUT2D eigenvalue weighted by atomic mass is 10.1. The van der Waals surface area contributed by atoms with E-state index < -0.39 is 11.0 Å². The largest absolute Gasteiger partial charge is 0.305 e. The van der Waals surface area contributed by atoms with Crippen LogP contribution in [0.2, 0.25) is 0 Å². The summed E-state index contributed by atoms with van der Waals surface area (Å²) in [5.74, 6) is 0.689. The van der Waals surface area contributed by atoms with Crippen LogP contribution in [-0.4, -0.2) is 9.96 Å². The Balaban J connectivity index is 2.83. The minimum atomic E-state index is -0.959. The van der Waals surface area contributed by atoms with Crippen molar-refractivity contribution in [1.82, 2.24) is 0 Å². The summed E-state index contributed by atoms with van der Waals surface area (Å²) in [6.07, 6.45) is 0.925. The third-order valence-corrected chi connectivity index (χ3v) is 4.55. The Morgan fingerprint density at radius 3 is 2.33 bits per heavy atom. The molecule has 0 aliphatic rings. The first-order valence-electron chi connectivity index (χ1n) is 4.96. The number of hydrogen-bond acceptors (Lipinski definition) is 1. The van der Waals surface area contributed by atoms with Crippen molar-refractivity contribution in [3.05, 3.63) is 27.7 Å². The third-order valence-electron chi connectivity index (χ3n) is 2.06. The zero-order valence-electron chi connectivity index (χ0n) is 9.26. The Bertz CT molecular complexity index is 356. The molecule has 1 aromatic carbocycles. The average molecular weight is 290 g/mol. The van der Waals surface area contributed by atoms with Gasteiger partial charge in [-0.1, -0.05) is 22.9 Å². The van der Waals surface area contributed by atoms with Crippen molar-refractivity contribution < 1.29 is 4.21 Å². The van der Waals surface area contributed by atoms with Crippen molar-refractivity contribution in [3.63, 3.8) is 0 Å². The van der Waals surface area contributed by atoms with Crippen molar-refractivity contribution in [1.29, 1.82) is 0 Å². The molecule has 0 aliphatic heterocycles. The number of halogens is 1. The van der Waals surface area contributed by atoms with E-state index in [-0.39, 0.29) is 0 Å². The van der Waals surface area contributed by atoms with Gasteiger partial charge in [0.05, 0.1) is 0 Å². The quantitative estimate of drug-likeness (QED) is 0.902. The molecular formula is C11H16BrNOS. The van der Waals surface area contributed by atoms with Crippen LogP contribution in [0.4, 0.5) is 5.69 Å². The molecule has 1 aromatic rings. The average Bonchev–Trinajstić information content (AvgIpc) is 2.14. The molecule has 1 atom stereocenters. The summed E-state index contributed by atoms with van der Waals surface area (Å²) in [6.45, 7) is 6.09. The molecule has 0 amide bonds. The number of benzene rings is 1.